The fourth-order valence-corrected chi connectivity index (χ4v) is 4.65. The maximum atomic E-state index is 12.9. The molecule has 0 aliphatic heterocycles. The van der Waals surface area contributed by atoms with Gasteiger partial charge in [-0.2, -0.15) is 0 Å². The van der Waals surface area contributed by atoms with Crippen LogP contribution in [0.3, 0.4) is 0 Å². The lowest BCUT2D eigenvalue weighted by molar-refractivity contribution is 0.234. The standard InChI is InChI=1S/C25H29N3OS/c1-18-9-8-12-20-15-21(24(29)27-23(18)20)17-28(22-13-6-3-7-14-22)25(30)26-16-19-10-4-2-5-11-19/h2,4-5,8-12,15,22H,3,6-7,13-14,16-17H2,1H3,(H,26,30)(H,27,29). The molecule has 30 heavy (non-hydrogen) atoms. The number of aromatic nitrogens is 1. The molecule has 0 amide bonds. The smallest absolute Gasteiger partial charge is 0.253 e. The molecule has 0 spiro atoms. The third-order valence-electron chi connectivity index (χ3n) is 6.07. The summed E-state index contributed by atoms with van der Waals surface area (Å²) in [7, 11) is 0. The molecule has 1 aromatic heterocycles. The normalized spacial score (nSPS) is 14.6. The highest BCUT2D eigenvalue weighted by Crippen LogP contribution is 2.25. The molecule has 1 heterocycles. The third-order valence-corrected chi connectivity index (χ3v) is 6.45. The molecule has 1 saturated carbocycles. The molecule has 1 aliphatic carbocycles. The maximum absolute atomic E-state index is 12.9. The average Bonchev–Trinajstić information content (AvgIpc) is 2.78. The number of thiocarbonyl (C=S) groups is 1. The van der Waals surface area contributed by atoms with E-state index in [0.29, 0.717) is 19.1 Å². The first-order chi connectivity index (χ1) is 14.6. The summed E-state index contributed by atoms with van der Waals surface area (Å²) < 4.78 is 0. The molecule has 5 heteroatoms. The van der Waals surface area contributed by atoms with Crippen LogP contribution in [0.25, 0.3) is 10.9 Å². The lowest BCUT2D eigenvalue weighted by atomic mass is 9.94. The Morgan fingerprint density at radius 2 is 1.87 bits per heavy atom. The summed E-state index contributed by atoms with van der Waals surface area (Å²) in [6.07, 6.45) is 5.96. The van der Waals surface area contributed by atoms with Crippen molar-refractivity contribution in [1.82, 2.24) is 15.2 Å². The van der Waals surface area contributed by atoms with Crippen LogP contribution in [-0.2, 0) is 13.1 Å². The van der Waals surface area contributed by atoms with E-state index in [0.717, 1.165) is 40.0 Å². The molecule has 4 rings (SSSR count). The van der Waals surface area contributed by atoms with Crippen molar-refractivity contribution >= 4 is 28.2 Å². The van der Waals surface area contributed by atoms with Crippen LogP contribution < -0.4 is 10.9 Å². The second-order valence-corrected chi connectivity index (χ2v) is 8.61. The molecule has 2 N–H and O–H groups in total. The number of aryl methyl sites for hydroxylation is 1. The van der Waals surface area contributed by atoms with Crippen LogP contribution in [0.2, 0.25) is 0 Å². The van der Waals surface area contributed by atoms with Gasteiger partial charge in [-0.3, -0.25) is 4.79 Å². The van der Waals surface area contributed by atoms with Crippen molar-refractivity contribution in [3.8, 4) is 0 Å². The molecule has 2 aromatic carbocycles. The van der Waals surface area contributed by atoms with Crippen LogP contribution >= 0.6 is 12.2 Å². The van der Waals surface area contributed by atoms with Gasteiger partial charge in [0.2, 0.25) is 0 Å². The average molecular weight is 420 g/mol. The quantitative estimate of drug-likeness (QED) is 0.569. The summed E-state index contributed by atoms with van der Waals surface area (Å²) in [6.45, 7) is 3.25. The lowest BCUT2D eigenvalue weighted by Gasteiger charge is -2.36. The highest BCUT2D eigenvalue weighted by molar-refractivity contribution is 7.80. The zero-order chi connectivity index (χ0) is 20.9. The van der Waals surface area contributed by atoms with E-state index in [2.05, 4.69) is 33.4 Å². The molecule has 0 saturated heterocycles. The van der Waals surface area contributed by atoms with E-state index in [9.17, 15) is 4.79 Å². The second kappa shape index (κ2) is 9.43. The SMILES string of the molecule is Cc1cccc2cc(CN(C(=S)NCc3ccccc3)C3CCCCC3)c(=O)[nH]c12. The molecule has 0 atom stereocenters. The Balaban J connectivity index is 1.58. The van der Waals surface area contributed by atoms with E-state index in [1.54, 1.807) is 0 Å². The Morgan fingerprint density at radius 1 is 1.10 bits per heavy atom. The van der Waals surface area contributed by atoms with Crippen molar-refractivity contribution in [2.24, 2.45) is 0 Å². The van der Waals surface area contributed by atoms with Crippen molar-refractivity contribution < 1.29 is 0 Å². The summed E-state index contributed by atoms with van der Waals surface area (Å²) in [5.74, 6) is 0. The summed E-state index contributed by atoms with van der Waals surface area (Å²) >= 11 is 5.82. The Morgan fingerprint density at radius 3 is 2.63 bits per heavy atom. The van der Waals surface area contributed by atoms with Crippen molar-refractivity contribution in [2.45, 2.75) is 58.2 Å². The van der Waals surface area contributed by atoms with Gasteiger partial charge in [0.05, 0.1) is 12.1 Å². The minimum Gasteiger partial charge on any atom is -0.358 e. The Kier molecular flexibility index (Phi) is 6.48. The number of hydrogen-bond donors (Lipinski definition) is 2. The minimum absolute atomic E-state index is 0.0246. The first-order valence-corrected chi connectivity index (χ1v) is 11.2. The Labute approximate surface area is 183 Å². The highest BCUT2D eigenvalue weighted by Gasteiger charge is 2.24. The van der Waals surface area contributed by atoms with Gasteiger partial charge >= 0.3 is 0 Å². The first-order valence-electron chi connectivity index (χ1n) is 10.8. The van der Waals surface area contributed by atoms with Gasteiger partial charge in [0.25, 0.3) is 5.56 Å². The van der Waals surface area contributed by atoms with Crippen molar-refractivity contribution in [3.63, 3.8) is 0 Å². The maximum Gasteiger partial charge on any atom is 0.253 e. The largest absolute Gasteiger partial charge is 0.358 e. The number of pyridine rings is 1. The lowest BCUT2D eigenvalue weighted by Crippen LogP contribution is -2.46. The highest BCUT2D eigenvalue weighted by atomic mass is 32.1. The fourth-order valence-electron chi connectivity index (χ4n) is 4.36. The van der Waals surface area contributed by atoms with Crippen molar-refractivity contribution in [1.29, 1.82) is 0 Å². The zero-order valence-corrected chi connectivity index (χ0v) is 18.3. The predicted octanol–water partition coefficient (Wildman–Crippen LogP) is 5.05. The molecular weight excluding hydrogens is 390 g/mol. The van der Waals surface area contributed by atoms with Crippen LogP contribution in [0, 0.1) is 6.92 Å². The summed E-state index contributed by atoms with van der Waals surface area (Å²) in [5.41, 5.74) is 3.94. The second-order valence-electron chi connectivity index (χ2n) is 8.23. The van der Waals surface area contributed by atoms with Crippen LogP contribution in [-0.4, -0.2) is 21.0 Å². The Hall–Kier alpha value is -2.66. The van der Waals surface area contributed by atoms with Crippen molar-refractivity contribution in [2.75, 3.05) is 0 Å². The molecule has 0 bridgehead atoms. The van der Waals surface area contributed by atoms with Gasteiger partial charge in [0, 0.05) is 18.2 Å². The minimum atomic E-state index is -0.0246. The monoisotopic (exact) mass is 419 g/mol. The topological polar surface area (TPSA) is 48.1 Å². The van der Waals surface area contributed by atoms with E-state index < -0.39 is 0 Å². The Bertz CT molecular complexity index is 1070. The summed E-state index contributed by atoms with van der Waals surface area (Å²) in [6, 6.07) is 18.8. The van der Waals surface area contributed by atoms with Crippen LogP contribution in [0.1, 0.15) is 48.8 Å². The van der Waals surface area contributed by atoms with Gasteiger partial charge in [0.1, 0.15) is 0 Å². The van der Waals surface area contributed by atoms with Gasteiger partial charge in [-0.25, -0.2) is 0 Å². The molecule has 156 valence electrons. The molecular formula is C25H29N3OS. The van der Waals surface area contributed by atoms with Gasteiger partial charge in [0.15, 0.2) is 5.11 Å². The number of aromatic amines is 1. The molecule has 0 unspecified atom stereocenters. The van der Waals surface area contributed by atoms with Gasteiger partial charge in [-0.15, -0.1) is 0 Å². The molecule has 1 aliphatic rings. The van der Waals surface area contributed by atoms with Crippen LogP contribution in [0.15, 0.2) is 59.4 Å². The van der Waals surface area contributed by atoms with Crippen molar-refractivity contribution in [3.05, 3.63) is 81.6 Å². The predicted molar refractivity (Wildman–Crippen MR) is 128 cm³/mol. The summed E-state index contributed by atoms with van der Waals surface area (Å²) in [5, 5.41) is 5.22. The first kappa shape index (κ1) is 20.6. The van der Waals surface area contributed by atoms with Crippen LogP contribution in [0.5, 0.6) is 0 Å². The van der Waals surface area contributed by atoms with Gasteiger partial charge < -0.3 is 15.2 Å². The molecule has 0 radical (unpaired) electrons. The number of fused-ring (bicyclic) bond motifs is 1. The zero-order valence-electron chi connectivity index (χ0n) is 17.5. The van der Waals surface area contributed by atoms with E-state index in [-0.39, 0.29) is 5.56 Å². The van der Waals surface area contributed by atoms with E-state index >= 15 is 0 Å². The number of benzene rings is 2. The van der Waals surface area contributed by atoms with E-state index in [4.69, 9.17) is 12.2 Å². The number of rotatable bonds is 5. The van der Waals surface area contributed by atoms with E-state index in [1.807, 2.05) is 43.3 Å². The molecule has 4 nitrogen and oxygen atoms in total. The fraction of sp³-hybridized carbons (Fsp3) is 0.360. The molecule has 1 fully saturated rings. The number of nitrogens with one attached hydrogen (secondary N) is 2. The number of nitrogens with zero attached hydrogens (tertiary/aromatic N) is 1. The number of hydrogen-bond acceptors (Lipinski definition) is 2. The molecule has 3 aromatic rings. The number of H-pyrrole nitrogens is 1. The third kappa shape index (κ3) is 4.73. The van der Waals surface area contributed by atoms with E-state index in [1.165, 1.54) is 24.8 Å². The van der Waals surface area contributed by atoms with Crippen LogP contribution in [0.4, 0.5) is 0 Å². The van der Waals surface area contributed by atoms with Gasteiger partial charge in [-0.1, -0.05) is 67.8 Å². The number of para-hydroxylation sites is 1. The van der Waals surface area contributed by atoms with Gasteiger partial charge in [-0.05, 0) is 54.6 Å². The summed E-state index contributed by atoms with van der Waals surface area (Å²) in [4.78, 5) is 18.2.